The molecule has 0 aliphatic carbocycles. The van der Waals surface area contributed by atoms with Crippen LogP contribution in [0.1, 0.15) is 19.8 Å². The van der Waals surface area contributed by atoms with Gasteiger partial charge in [0.15, 0.2) is 9.84 Å². The molecule has 6 heteroatoms. The molecular weight excluding hydrogens is 218 g/mol. The molecule has 0 aromatic rings. The highest BCUT2D eigenvalue weighted by Crippen LogP contribution is 2.10. The summed E-state index contributed by atoms with van der Waals surface area (Å²) >= 11 is 0. The topological polar surface area (TPSA) is 71.5 Å². The maximum atomic E-state index is 11.7. The number of carbonyl (C=O) groups excluding carboxylic acids is 2. The summed E-state index contributed by atoms with van der Waals surface area (Å²) in [6.07, 6.45) is 1.72. The monoisotopic (exact) mass is 233 g/mol. The van der Waals surface area contributed by atoms with Gasteiger partial charge < -0.3 is 4.90 Å². The van der Waals surface area contributed by atoms with Crippen LogP contribution in [0.4, 0.5) is 0 Å². The average Bonchev–Trinajstić information content (AvgIpc) is 2.15. The van der Waals surface area contributed by atoms with E-state index in [1.807, 2.05) is 0 Å². The molecule has 1 heterocycles. The minimum absolute atomic E-state index is 0.131. The van der Waals surface area contributed by atoms with Gasteiger partial charge in [0, 0.05) is 32.2 Å². The van der Waals surface area contributed by atoms with E-state index in [1.165, 1.54) is 11.8 Å². The number of piperidine rings is 1. The van der Waals surface area contributed by atoms with E-state index in [0.29, 0.717) is 25.9 Å². The van der Waals surface area contributed by atoms with Gasteiger partial charge in [0.1, 0.15) is 11.0 Å². The molecule has 1 fully saturated rings. The molecule has 15 heavy (non-hydrogen) atoms. The molecule has 86 valence electrons. The predicted octanol–water partition coefficient (Wildman–Crippen LogP) is -0.389. The minimum atomic E-state index is -3.34. The number of hydrogen-bond donors (Lipinski definition) is 0. The molecule has 5 nitrogen and oxygen atoms in total. The highest BCUT2D eigenvalue weighted by molar-refractivity contribution is 7.92. The Bertz CT molecular complexity index is 364. The third-order valence-electron chi connectivity index (χ3n) is 2.62. The van der Waals surface area contributed by atoms with E-state index in [9.17, 15) is 18.0 Å². The van der Waals surface area contributed by atoms with Crippen molar-refractivity contribution in [2.75, 3.05) is 19.3 Å². The second-order valence-corrected chi connectivity index (χ2v) is 6.20. The zero-order valence-corrected chi connectivity index (χ0v) is 9.71. The predicted molar refractivity (Wildman–Crippen MR) is 55.1 cm³/mol. The first kappa shape index (κ1) is 12.2. The van der Waals surface area contributed by atoms with Gasteiger partial charge >= 0.3 is 0 Å². The van der Waals surface area contributed by atoms with E-state index in [-0.39, 0.29) is 5.78 Å². The molecule has 0 bridgehead atoms. The number of rotatable bonds is 2. The van der Waals surface area contributed by atoms with E-state index in [1.54, 1.807) is 0 Å². The van der Waals surface area contributed by atoms with Crippen molar-refractivity contribution in [2.24, 2.45) is 0 Å². The Hall–Kier alpha value is -0.910. The number of sulfone groups is 1. The van der Waals surface area contributed by atoms with Gasteiger partial charge in [-0.25, -0.2) is 8.42 Å². The maximum absolute atomic E-state index is 11.7. The lowest BCUT2D eigenvalue weighted by molar-refractivity contribution is -0.133. The summed E-state index contributed by atoms with van der Waals surface area (Å²) in [6.45, 7) is 2.07. The van der Waals surface area contributed by atoms with Gasteiger partial charge in [-0.2, -0.15) is 0 Å². The highest BCUT2D eigenvalue weighted by atomic mass is 32.2. The molecule has 1 saturated heterocycles. The molecule has 1 rings (SSSR count). The van der Waals surface area contributed by atoms with Crippen LogP contribution < -0.4 is 0 Å². The van der Waals surface area contributed by atoms with Gasteiger partial charge in [0.25, 0.3) is 0 Å². The number of Topliss-reactive ketones (excluding diaryl/α,β-unsaturated/α-hetero) is 1. The molecular formula is C9H15NO4S. The van der Waals surface area contributed by atoms with E-state index in [4.69, 9.17) is 0 Å². The summed E-state index contributed by atoms with van der Waals surface area (Å²) in [6, 6.07) is 0. The zero-order chi connectivity index (χ0) is 11.6. The summed E-state index contributed by atoms with van der Waals surface area (Å²) in [5.41, 5.74) is 0. The largest absolute Gasteiger partial charge is 0.341 e. The second kappa shape index (κ2) is 4.30. The standard InChI is InChI=1S/C9H15NO4S/c1-7(15(2,13)14)9(12)10-5-3-8(11)4-6-10/h7H,3-6H2,1-2H3. The fraction of sp³-hybridized carbons (Fsp3) is 0.778. The van der Waals surface area contributed by atoms with Crippen LogP contribution in [0.25, 0.3) is 0 Å². The Kier molecular flexibility index (Phi) is 3.49. The van der Waals surface area contributed by atoms with Crippen molar-refractivity contribution in [2.45, 2.75) is 25.0 Å². The van der Waals surface area contributed by atoms with Crippen molar-refractivity contribution < 1.29 is 18.0 Å². The lowest BCUT2D eigenvalue weighted by Crippen LogP contribution is -2.45. The van der Waals surface area contributed by atoms with Gasteiger partial charge in [-0.1, -0.05) is 0 Å². The molecule has 1 aliphatic heterocycles. The quantitative estimate of drug-likeness (QED) is 0.651. The number of nitrogens with zero attached hydrogens (tertiary/aromatic N) is 1. The third kappa shape index (κ3) is 3.02. The number of ketones is 1. The van der Waals surface area contributed by atoms with E-state index >= 15 is 0 Å². The molecule has 1 aliphatic rings. The van der Waals surface area contributed by atoms with Crippen LogP contribution >= 0.6 is 0 Å². The third-order valence-corrected chi connectivity index (χ3v) is 4.11. The van der Waals surface area contributed by atoms with E-state index < -0.39 is 21.0 Å². The fourth-order valence-electron chi connectivity index (χ4n) is 1.42. The summed E-state index contributed by atoms with van der Waals surface area (Å²) in [4.78, 5) is 24.1. The van der Waals surface area contributed by atoms with Crippen molar-refractivity contribution >= 4 is 21.5 Å². The first-order valence-electron chi connectivity index (χ1n) is 4.81. The van der Waals surface area contributed by atoms with Gasteiger partial charge in [-0.05, 0) is 6.92 Å². The minimum Gasteiger partial charge on any atom is -0.341 e. The molecule has 0 radical (unpaired) electrons. The fourth-order valence-corrected chi connectivity index (χ4v) is 1.93. The van der Waals surface area contributed by atoms with Crippen LogP contribution in [0, 0.1) is 0 Å². The summed E-state index contributed by atoms with van der Waals surface area (Å²) in [5.74, 6) is -0.268. The maximum Gasteiger partial charge on any atom is 0.240 e. The van der Waals surface area contributed by atoms with Crippen molar-refractivity contribution in [3.05, 3.63) is 0 Å². The summed E-state index contributed by atoms with van der Waals surface area (Å²) in [5, 5.41) is -1.01. The SMILES string of the molecule is CC(C(=O)N1CCC(=O)CC1)S(C)(=O)=O. The van der Waals surface area contributed by atoms with Crippen molar-refractivity contribution in [3.63, 3.8) is 0 Å². The normalized spacial score (nSPS) is 20.1. The molecule has 1 unspecified atom stereocenters. The summed E-state index contributed by atoms with van der Waals surface area (Å²) < 4.78 is 22.3. The number of carbonyl (C=O) groups is 2. The van der Waals surface area contributed by atoms with Crippen LogP contribution in [0.15, 0.2) is 0 Å². The van der Waals surface area contributed by atoms with E-state index in [0.717, 1.165) is 6.26 Å². The van der Waals surface area contributed by atoms with Gasteiger partial charge in [-0.3, -0.25) is 9.59 Å². The molecule has 1 amide bonds. The van der Waals surface area contributed by atoms with Gasteiger partial charge in [0.05, 0.1) is 0 Å². The Morgan fingerprint density at radius 3 is 2.20 bits per heavy atom. The first-order valence-corrected chi connectivity index (χ1v) is 6.77. The lowest BCUT2D eigenvalue weighted by atomic mass is 10.1. The second-order valence-electron chi connectivity index (χ2n) is 3.84. The van der Waals surface area contributed by atoms with E-state index in [2.05, 4.69) is 0 Å². The zero-order valence-electron chi connectivity index (χ0n) is 8.89. The van der Waals surface area contributed by atoms with Crippen molar-refractivity contribution in [1.29, 1.82) is 0 Å². The molecule has 1 atom stereocenters. The van der Waals surface area contributed by atoms with Gasteiger partial charge in [0.2, 0.25) is 5.91 Å². The van der Waals surface area contributed by atoms with Crippen LogP contribution in [0.3, 0.4) is 0 Å². The van der Waals surface area contributed by atoms with Crippen molar-refractivity contribution in [3.8, 4) is 0 Å². The van der Waals surface area contributed by atoms with Crippen LogP contribution in [0.2, 0.25) is 0 Å². The Labute approximate surface area is 89.4 Å². The Morgan fingerprint density at radius 2 is 1.80 bits per heavy atom. The average molecular weight is 233 g/mol. The molecule has 0 spiro atoms. The van der Waals surface area contributed by atoms with Crippen LogP contribution in [-0.4, -0.2) is 49.6 Å². The number of likely N-dealkylation sites (tertiary alicyclic amines) is 1. The Balaban J connectivity index is 2.66. The van der Waals surface area contributed by atoms with Crippen LogP contribution in [0.5, 0.6) is 0 Å². The molecule has 0 saturated carbocycles. The molecule has 0 aromatic carbocycles. The van der Waals surface area contributed by atoms with Crippen LogP contribution in [-0.2, 0) is 19.4 Å². The first-order chi connectivity index (χ1) is 6.82. The smallest absolute Gasteiger partial charge is 0.240 e. The number of hydrogen-bond acceptors (Lipinski definition) is 4. The summed E-state index contributed by atoms with van der Waals surface area (Å²) in [7, 11) is -3.34. The van der Waals surface area contributed by atoms with Crippen molar-refractivity contribution in [1.82, 2.24) is 4.90 Å². The molecule has 0 N–H and O–H groups in total. The number of amides is 1. The lowest BCUT2D eigenvalue weighted by Gasteiger charge is -2.27. The van der Waals surface area contributed by atoms with Gasteiger partial charge in [-0.15, -0.1) is 0 Å². The molecule has 0 aromatic heterocycles. The highest BCUT2D eigenvalue weighted by Gasteiger charge is 2.30. The Morgan fingerprint density at radius 1 is 1.33 bits per heavy atom.